The molecule has 1 aromatic rings. The van der Waals surface area contributed by atoms with Gasteiger partial charge in [-0.05, 0) is 6.07 Å². The molecule has 5 heteroatoms. The molecule has 0 saturated carbocycles. The predicted molar refractivity (Wildman–Crippen MR) is 34.7 cm³/mol. The van der Waals surface area contributed by atoms with E-state index in [0.29, 0.717) is 0 Å². The Morgan fingerprint density at radius 2 is 2.30 bits per heavy atom. The number of carboxylic acid groups (broad SMARTS) is 1. The molecular weight excluding hydrogens is 143 g/mol. The normalized spacial score (nSPS) is 8.00. The van der Waals surface area contributed by atoms with Crippen LogP contribution in [0.5, 0.6) is 0 Å². The summed E-state index contributed by atoms with van der Waals surface area (Å²) in [6.45, 7) is 0. The number of carbonyl (C=O) groups is 1. The van der Waals surface area contributed by atoms with E-state index in [2.05, 4.69) is 9.97 Å². The summed E-state index contributed by atoms with van der Waals surface area (Å²) in [5, 5.41) is 8.29. The largest absolute Gasteiger partial charge is 0.477 e. The van der Waals surface area contributed by atoms with Gasteiger partial charge in [-0.15, -0.1) is 0 Å². The van der Waals surface area contributed by atoms with E-state index in [-0.39, 0.29) is 35.3 Å². The molecule has 0 unspecified atom stereocenters. The van der Waals surface area contributed by atoms with Crippen LogP contribution in [0.15, 0.2) is 18.6 Å². The molecule has 10 heavy (non-hydrogen) atoms. The molecule has 0 aliphatic carbocycles. The van der Waals surface area contributed by atoms with E-state index in [4.69, 9.17) is 5.11 Å². The molecule has 1 radical (unpaired) electrons. The van der Waals surface area contributed by atoms with Crippen LogP contribution in [0.25, 0.3) is 0 Å². The van der Waals surface area contributed by atoms with E-state index >= 15 is 0 Å². The van der Waals surface area contributed by atoms with Crippen molar-refractivity contribution in [3.05, 3.63) is 24.3 Å². The van der Waals surface area contributed by atoms with Crippen molar-refractivity contribution >= 4 is 35.5 Å². The van der Waals surface area contributed by atoms with Crippen LogP contribution in [-0.4, -0.2) is 50.6 Å². The predicted octanol–water partition coefficient (Wildman–Crippen LogP) is -0.206. The van der Waals surface area contributed by atoms with E-state index < -0.39 is 5.97 Å². The first kappa shape index (κ1) is 9.55. The Morgan fingerprint density at radius 3 is 2.60 bits per heavy atom. The van der Waals surface area contributed by atoms with Gasteiger partial charge in [0.25, 0.3) is 0 Å². The molecule has 0 aliphatic heterocycles. The average molecular weight is 147 g/mol. The molecule has 0 spiro atoms. The number of rotatable bonds is 1. The fraction of sp³-hybridized carbons (Fsp3) is 0. The number of aromatic carboxylic acids is 1. The van der Waals surface area contributed by atoms with Gasteiger partial charge in [0.1, 0.15) is 6.33 Å². The molecule has 0 saturated heterocycles. The SMILES string of the molecule is O=C(O)c1ccncn1.[Na]. The van der Waals surface area contributed by atoms with Crippen LogP contribution in [-0.2, 0) is 0 Å². The Kier molecular flexibility index (Phi) is 4.18. The van der Waals surface area contributed by atoms with E-state index in [1.807, 2.05) is 0 Å². The van der Waals surface area contributed by atoms with Crippen LogP contribution in [0.4, 0.5) is 0 Å². The summed E-state index contributed by atoms with van der Waals surface area (Å²) in [5.74, 6) is -1.03. The van der Waals surface area contributed by atoms with Gasteiger partial charge >= 0.3 is 5.97 Å². The first-order valence-corrected chi connectivity index (χ1v) is 2.30. The minimum absolute atomic E-state index is 0. The maximum atomic E-state index is 10.1. The van der Waals surface area contributed by atoms with Gasteiger partial charge in [-0.2, -0.15) is 0 Å². The maximum Gasteiger partial charge on any atom is 0.354 e. The van der Waals surface area contributed by atoms with Crippen LogP contribution in [0.1, 0.15) is 10.5 Å². The Hall–Kier alpha value is -0.450. The topological polar surface area (TPSA) is 63.1 Å². The van der Waals surface area contributed by atoms with Gasteiger partial charge in [0.2, 0.25) is 0 Å². The molecular formula is C5H4N2NaO2. The smallest absolute Gasteiger partial charge is 0.354 e. The summed E-state index contributed by atoms with van der Waals surface area (Å²) in [5.41, 5.74) is 0.0185. The third-order valence-electron chi connectivity index (χ3n) is 0.801. The Balaban J connectivity index is 0.000000810. The van der Waals surface area contributed by atoms with Crippen LogP contribution in [0.3, 0.4) is 0 Å². The molecule has 0 bridgehead atoms. The first-order chi connectivity index (χ1) is 4.30. The molecule has 0 amide bonds. The van der Waals surface area contributed by atoms with Gasteiger partial charge in [0.05, 0.1) is 0 Å². The third-order valence-corrected chi connectivity index (χ3v) is 0.801. The number of hydrogen-bond donors (Lipinski definition) is 1. The Morgan fingerprint density at radius 1 is 1.60 bits per heavy atom. The van der Waals surface area contributed by atoms with Gasteiger partial charge in [0.15, 0.2) is 5.69 Å². The molecule has 0 fully saturated rings. The molecule has 4 nitrogen and oxygen atoms in total. The van der Waals surface area contributed by atoms with Crippen LogP contribution in [0.2, 0.25) is 0 Å². The van der Waals surface area contributed by atoms with E-state index in [1.54, 1.807) is 0 Å². The minimum atomic E-state index is -1.03. The number of hydrogen-bond acceptors (Lipinski definition) is 3. The van der Waals surface area contributed by atoms with Crippen molar-refractivity contribution in [2.24, 2.45) is 0 Å². The van der Waals surface area contributed by atoms with Gasteiger partial charge in [-0.1, -0.05) is 0 Å². The standard InChI is InChI=1S/C5H4N2O2.Na/c8-5(9)4-1-2-6-3-7-4;/h1-3H,(H,8,9);. The van der Waals surface area contributed by atoms with Gasteiger partial charge in [-0.3, -0.25) is 0 Å². The van der Waals surface area contributed by atoms with Crippen molar-refractivity contribution in [1.82, 2.24) is 9.97 Å². The summed E-state index contributed by atoms with van der Waals surface area (Å²) in [7, 11) is 0. The van der Waals surface area contributed by atoms with Crippen molar-refractivity contribution in [2.75, 3.05) is 0 Å². The Labute approximate surface area is 79.6 Å². The number of aromatic nitrogens is 2. The second-order valence-electron chi connectivity index (χ2n) is 1.40. The fourth-order valence-corrected chi connectivity index (χ4v) is 0.417. The van der Waals surface area contributed by atoms with Crippen molar-refractivity contribution in [2.45, 2.75) is 0 Å². The van der Waals surface area contributed by atoms with Gasteiger partial charge in [-0.25, -0.2) is 14.8 Å². The Bertz CT molecular complexity index is 214. The van der Waals surface area contributed by atoms with Crippen LogP contribution in [0, 0.1) is 0 Å². The molecule has 0 aromatic carbocycles. The monoisotopic (exact) mass is 147 g/mol. The second-order valence-corrected chi connectivity index (χ2v) is 1.40. The third kappa shape index (κ3) is 2.43. The zero-order valence-electron chi connectivity index (χ0n) is 5.48. The molecule has 1 N–H and O–H groups in total. The maximum absolute atomic E-state index is 10.1. The van der Waals surface area contributed by atoms with E-state index in [0.717, 1.165) is 0 Å². The van der Waals surface area contributed by atoms with Gasteiger partial charge < -0.3 is 5.11 Å². The minimum Gasteiger partial charge on any atom is -0.477 e. The first-order valence-electron chi connectivity index (χ1n) is 2.30. The summed E-state index contributed by atoms with van der Waals surface area (Å²) in [6, 6.07) is 1.34. The number of carboxylic acids is 1. The molecule has 0 aliphatic rings. The van der Waals surface area contributed by atoms with Crippen molar-refractivity contribution in [3.63, 3.8) is 0 Å². The summed E-state index contributed by atoms with van der Waals surface area (Å²) < 4.78 is 0. The molecule has 47 valence electrons. The summed E-state index contributed by atoms with van der Waals surface area (Å²) in [6.07, 6.45) is 2.58. The van der Waals surface area contributed by atoms with E-state index in [9.17, 15) is 4.79 Å². The molecule has 1 aromatic heterocycles. The molecule has 1 rings (SSSR count). The van der Waals surface area contributed by atoms with Crippen molar-refractivity contribution in [1.29, 1.82) is 0 Å². The quantitative estimate of drug-likeness (QED) is 0.558. The van der Waals surface area contributed by atoms with Crippen LogP contribution < -0.4 is 0 Å². The molecule has 0 atom stereocenters. The fourth-order valence-electron chi connectivity index (χ4n) is 0.417. The average Bonchev–Trinajstić information content (AvgIpc) is 1.90. The van der Waals surface area contributed by atoms with E-state index in [1.165, 1.54) is 18.6 Å². The zero-order chi connectivity index (χ0) is 6.69. The van der Waals surface area contributed by atoms with Crippen molar-refractivity contribution in [3.8, 4) is 0 Å². The summed E-state index contributed by atoms with van der Waals surface area (Å²) >= 11 is 0. The van der Waals surface area contributed by atoms with Gasteiger partial charge in [0, 0.05) is 35.8 Å². The molecule has 1 heterocycles. The number of nitrogens with zero attached hydrogens (tertiary/aromatic N) is 2. The second kappa shape index (κ2) is 4.38. The van der Waals surface area contributed by atoms with Crippen LogP contribution >= 0.6 is 0 Å². The summed E-state index contributed by atoms with van der Waals surface area (Å²) in [4.78, 5) is 17.1. The zero-order valence-corrected chi connectivity index (χ0v) is 7.48. The van der Waals surface area contributed by atoms with Crippen molar-refractivity contribution < 1.29 is 9.90 Å².